The van der Waals surface area contributed by atoms with Crippen LogP contribution in [0.15, 0.2) is 36.9 Å². The summed E-state index contributed by atoms with van der Waals surface area (Å²) in [6.07, 6.45) is 6.36. The maximum absolute atomic E-state index is 10.4. The lowest BCUT2D eigenvalue weighted by Gasteiger charge is -2.36. The summed E-state index contributed by atoms with van der Waals surface area (Å²) in [5.41, 5.74) is 1.16. The number of aliphatic hydroxyl groups is 1. The zero-order valence-electron chi connectivity index (χ0n) is 14.2. The summed E-state index contributed by atoms with van der Waals surface area (Å²) >= 11 is 0. The van der Waals surface area contributed by atoms with Gasteiger partial charge >= 0.3 is 0 Å². The number of β-amino-alcohol motifs (C(OH)–C–C–N with tert-alkyl or cyclic N) is 1. The molecule has 2 atom stereocenters. The lowest BCUT2D eigenvalue weighted by molar-refractivity contribution is 0.0345. The molecule has 2 heterocycles. The van der Waals surface area contributed by atoms with Crippen molar-refractivity contribution in [1.82, 2.24) is 19.7 Å². The average molecular weight is 330 g/mol. The third-order valence-electron chi connectivity index (χ3n) is 4.49. The normalized spacial score (nSPS) is 20.0. The minimum Gasteiger partial charge on any atom is -0.491 e. The molecule has 0 aliphatic carbocycles. The SMILES string of the molecule is Cc1cccc(OC[C@@H](O)CN2CCCC[C@H]2Cn2cncn2)c1. The maximum Gasteiger partial charge on any atom is 0.137 e. The van der Waals surface area contributed by atoms with Crippen LogP contribution in [0.25, 0.3) is 0 Å². The first kappa shape index (κ1) is 16.9. The molecule has 1 aromatic carbocycles. The summed E-state index contributed by atoms with van der Waals surface area (Å²) < 4.78 is 7.60. The van der Waals surface area contributed by atoms with Gasteiger partial charge in [-0.25, -0.2) is 4.98 Å². The molecular weight excluding hydrogens is 304 g/mol. The van der Waals surface area contributed by atoms with Gasteiger partial charge in [-0.05, 0) is 44.0 Å². The summed E-state index contributed by atoms with van der Waals surface area (Å²) in [4.78, 5) is 6.36. The van der Waals surface area contributed by atoms with Gasteiger partial charge in [0.25, 0.3) is 0 Å². The van der Waals surface area contributed by atoms with E-state index in [0.29, 0.717) is 19.2 Å². The number of aromatic nitrogens is 3. The Balaban J connectivity index is 1.50. The van der Waals surface area contributed by atoms with E-state index >= 15 is 0 Å². The highest BCUT2D eigenvalue weighted by Crippen LogP contribution is 2.19. The number of rotatable bonds is 7. The fourth-order valence-electron chi connectivity index (χ4n) is 3.27. The van der Waals surface area contributed by atoms with Gasteiger partial charge in [-0.15, -0.1) is 0 Å². The smallest absolute Gasteiger partial charge is 0.137 e. The summed E-state index contributed by atoms with van der Waals surface area (Å²) in [7, 11) is 0. The van der Waals surface area contributed by atoms with Crippen LogP contribution in [-0.4, -0.2) is 56.6 Å². The van der Waals surface area contributed by atoms with Crippen molar-refractivity contribution in [2.75, 3.05) is 19.7 Å². The van der Waals surface area contributed by atoms with Gasteiger partial charge in [-0.2, -0.15) is 5.10 Å². The Morgan fingerprint density at radius 2 is 2.29 bits per heavy atom. The largest absolute Gasteiger partial charge is 0.491 e. The lowest BCUT2D eigenvalue weighted by Crippen LogP contribution is -2.46. The number of piperidine rings is 1. The van der Waals surface area contributed by atoms with E-state index in [4.69, 9.17) is 4.74 Å². The first-order chi connectivity index (χ1) is 11.7. The first-order valence-electron chi connectivity index (χ1n) is 8.65. The van der Waals surface area contributed by atoms with Crippen molar-refractivity contribution in [2.24, 2.45) is 0 Å². The number of aliphatic hydroxyl groups excluding tert-OH is 1. The summed E-state index contributed by atoms with van der Waals surface area (Å²) in [5.74, 6) is 0.812. The van der Waals surface area contributed by atoms with Crippen molar-refractivity contribution in [3.05, 3.63) is 42.5 Å². The van der Waals surface area contributed by atoms with E-state index in [0.717, 1.165) is 30.8 Å². The Bertz CT molecular complexity index is 617. The van der Waals surface area contributed by atoms with Crippen LogP contribution in [0, 0.1) is 6.92 Å². The fourth-order valence-corrected chi connectivity index (χ4v) is 3.27. The number of aryl methyl sites for hydroxylation is 1. The fraction of sp³-hybridized carbons (Fsp3) is 0.556. The molecule has 0 spiro atoms. The first-order valence-corrected chi connectivity index (χ1v) is 8.65. The second-order valence-electron chi connectivity index (χ2n) is 6.54. The molecule has 2 aromatic rings. The van der Waals surface area contributed by atoms with Gasteiger partial charge in [-0.3, -0.25) is 9.58 Å². The van der Waals surface area contributed by atoms with Crippen LogP contribution in [-0.2, 0) is 6.54 Å². The minimum atomic E-state index is -0.498. The Labute approximate surface area is 143 Å². The van der Waals surface area contributed by atoms with Gasteiger partial charge in [0.05, 0.1) is 6.54 Å². The van der Waals surface area contributed by atoms with Gasteiger partial charge in [0.1, 0.15) is 31.1 Å². The van der Waals surface area contributed by atoms with E-state index < -0.39 is 6.10 Å². The molecule has 130 valence electrons. The second-order valence-corrected chi connectivity index (χ2v) is 6.54. The molecule has 24 heavy (non-hydrogen) atoms. The highest BCUT2D eigenvalue weighted by atomic mass is 16.5. The Morgan fingerprint density at radius 3 is 3.08 bits per heavy atom. The minimum absolute atomic E-state index is 0.315. The van der Waals surface area contributed by atoms with Crippen LogP contribution in [0.4, 0.5) is 0 Å². The third-order valence-corrected chi connectivity index (χ3v) is 4.49. The van der Waals surface area contributed by atoms with Crippen LogP contribution in [0.5, 0.6) is 5.75 Å². The average Bonchev–Trinajstić information content (AvgIpc) is 3.08. The predicted molar refractivity (Wildman–Crippen MR) is 91.9 cm³/mol. The number of hydrogen-bond acceptors (Lipinski definition) is 5. The zero-order chi connectivity index (χ0) is 16.8. The zero-order valence-corrected chi connectivity index (χ0v) is 14.2. The van der Waals surface area contributed by atoms with Crippen LogP contribution in [0.1, 0.15) is 24.8 Å². The van der Waals surface area contributed by atoms with E-state index in [1.807, 2.05) is 35.9 Å². The van der Waals surface area contributed by atoms with E-state index in [2.05, 4.69) is 15.0 Å². The molecule has 1 N–H and O–H groups in total. The molecule has 1 fully saturated rings. The van der Waals surface area contributed by atoms with Crippen molar-refractivity contribution in [2.45, 2.75) is 44.9 Å². The van der Waals surface area contributed by atoms with Gasteiger partial charge in [-0.1, -0.05) is 18.6 Å². The standard InChI is InChI=1S/C18H26N4O2/c1-15-5-4-7-18(9-15)24-12-17(23)11-21-8-3-2-6-16(21)10-22-14-19-13-20-22/h4-5,7,9,13-14,16-17,23H,2-3,6,8,10-12H2,1H3/t16-,17-/m0/s1. The second kappa shape index (κ2) is 8.26. The van der Waals surface area contributed by atoms with Crippen LogP contribution in [0.2, 0.25) is 0 Å². The molecule has 0 bridgehead atoms. The van der Waals surface area contributed by atoms with E-state index in [9.17, 15) is 5.11 Å². The predicted octanol–water partition coefficient (Wildman–Crippen LogP) is 1.88. The number of hydrogen-bond donors (Lipinski definition) is 1. The van der Waals surface area contributed by atoms with Crippen molar-refractivity contribution in [1.29, 1.82) is 0 Å². The van der Waals surface area contributed by atoms with Gasteiger partial charge < -0.3 is 9.84 Å². The van der Waals surface area contributed by atoms with E-state index in [-0.39, 0.29) is 0 Å². The number of likely N-dealkylation sites (tertiary alicyclic amines) is 1. The highest BCUT2D eigenvalue weighted by Gasteiger charge is 2.25. The molecule has 0 radical (unpaired) electrons. The van der Waals surface area contributed by atoms with Crippen molar-refractivity contribution in [3.63, 3.8) is 0 Å². The molecule has 0 saturated carbocycles. The number of benzene rings is 1. The van der Waals surface area contributed by atoms with Crippen LogP contribution in [0.3, 0.4) is 0 Å². The summed E-state index contributed by atoms with van der Waals surface area (Å²) in [6.45, 7) is 4.82. The van der Waals surface area contributed by atoms with E-state index in [1.165, 1.54) is 12.8 Å². The Morgan fingerprint density at radius 1 is 1.38 bits per heavy atom. The molecule has 1 aliphatic rings. The monoisotopic (exact) mass is 330 g/mol. The molecule has 0 unspecified atom stereocenters. The molecule has 6 heteroatoms. The molecule has 6 nitrogen and oxygen atoms in total. The Hall–Kier alpha value is -1.92. The van der Waals surface area contributed by atoms with Crippen LogP contribution >= 0.6 is 0 Å². The maximum atomic E-state index is 10.4. The quantitative estimate of drug-likeness (QED) is 0.840. The Kier molecular flexibility index (Phi) is 5.82. The van der Waals surface area contributed by atoms with Gasteiger partial charge in [0.15, 0.2) is 0 Å². The molecule has 3 rings (SSSR count). The third kappa shape index (κ3) is 4.79. The molecule has 1 aliphatic heterocycles. The van der Waals surface area contributed by atoms with Gasteiger partial charge in [0, 0.05) is 12.6 Å². The van der Waals surface area contributed by atoms with Crippen LogP contribution < -0.4 is 4.74 Å². The van der Waals surface area contributed by atoms with Gasteiger partial charge in [0.2, 0.25) is 0 Å². The topological polar surface area (TPSA) is 63.4 Å². The van der Waals surface area contributed by atoms with E-state index in [1.54, 1.807) is 12.7 Å². The molecule has 0 amide bonds. The highest BCUT2D eigenvalue weighted by molar-refractivity contribution is 5.27. The van der Waals surface area contributed by atoms with Crippen molar-refractivity contribution >= 4 is 0 Å². The summed E-state index contributed by atoms with van der Waals surface area (Å²) in [5, 5.41) is 14.6. The molecule has 1 saturated heterocycles. The number of nitrogens with zero attached hydrogens (tertiary/aromatic N) is 4. The lowest BCUT2D eigenvalue weighted by atomic mass is 10.0. The summed E-state index contributed by atoms with van der Waals surface area (Å²) in [6, 6.07) is 8.31. The molecule has 1 aromatic heterocycles. The number of ether oxygens (including phenoxy) is 1. The van der Waals surface area contributed by atoms with Crippen molar-refractivity contribution < 1.29 is 9.84 Å². The van der Waals surface area contributed by atoms with Crippen molar-refractivity contribution in [3.8, 4) is 5.75 Å². The molecular formula is C18H26N4O2.